The molecule has 7 heteroatoms. The first-order chi connectivity index (χ1) is 11.3. The van der Waals surface area contributed by atoms with E-state index < -0.39 is 10.0 Å². The number of hydrogen-bond donors (Lipinski definition) is 2. The normalized spacial score (nSPS) is 14.8. The van der Waals surface area contributed by atoms with Crippen molar-refractivity contribution in [3.8, 4) is 0 Å². The number of carbonyl (C=O) groups is 1. The van der Waals surface area contributed by atoms with Crippen molar-refractivity contribution >= 4 is 21.6 Å². The fourth-order valence-corrected chi connectivity index (χ4v) is 4.02. The predicted octanol–water partition coefficient (Wildman–Crippen LogP) is 2.67. The molecule has 2 N–H and O–H groups in total. The second-order valence-electron chi connectivity index (χ2n) is 6.23. The number of H-pyrrole nitrogens is 1. The van der Waals surface area contributed by atoms with Crippen LogP contribution in [0.1, 0.15) is 34.5 Å². The highest BCUT2D eigenvalue weighted by Crippen LogP contribution is 2.20. The second-order valence-corrected chi connectivity index (χ2v) is 7.91. The summed E-state index contributed by atoms with van der Waals surface area (Å²) in [6.07, 6.45) is 3.34. The van der Waals surface area contributed by atoms with Gasteiger partial charge in [-0.1, -0.05) is 6.07 Å². The topological polar surface area (TPSA) is 82.3 Å². The molecule has 1 fully saturated rings. The minimum Gasteiger partial charge on any atom is -0.356 e. The third kappa shape index (κ3) is 3.46. The molecule has 0 saturated carbocycles. The average molecular weight is 347 g/mol. The van der Waals surface area contributed by atoms with E-state index in [1.807, 2.05) is 19.9 Å². The number of anilines is 1. The van der Waals surface area contributed by atoms with E-state index in [-0.39, 0.29) is 10.8 Å². The van der Waals surface area contributed by atoms with Crippen LogP contribution in [0.3, 0.4) is 0 Å². The van der Waals surface area contributed by atoms with Crippen LogP contribution in [0.4, 0.5) is 5.69 Å². The van der Waals surface area contributed by atoms with Gasteiger partial charge in [0.15, 0.2) is 0 Å². The van der Waals surface area contributed by atoms with Crippen molar-refractivity contribution < 1.29 is 13.2 Å². The minimum atomic E-state index is -3.74. The van der Waals surface area contributed by atoms with Crippen LogP contribution in [-0.4, -0.2) is 37.3 Å². The number of nitrogens with one attached hydrogen (secondary N) is 2. The number of aryl methyl sites for hydroxylation is 2. The molecule has 2 heterocycles. The molecule has 24 heavy (non-hydrogen) atoms. The summed E-state index contributed by atoms with van der Waals surface area (Å²) < 4.78 is 27.6. The number of aromatic amines is 1. The predicted molar refractivity (Wildman–Crippen MR) is 92.7 cm³/mol. The molecule has 0 radical (unpaired) electrons. The lowest BCUT2D eigenvalue weighted by molar-refractivity contribution is 0.0787. The van der Waals surface area contributed by atoms with Crippen LogP contribution >= 0.6 is 0 Å². The van der Waals surface area contributed by atoms with Gasteiger partial charge in [0.25, 0.3) is 15.9 Å². The highest BCUT2D eigenvalue weighted by atomic mass is 32.2. The number of hydrogen-bond acceptors (Lipinski definition) is 3. The van der Waals surface area contributed by atoms with Gasteiger partial charge in [-0.3, -0.25) is 9.52 Å². The first kappa shape index (κ1) is 16.6. The maximum atomic E-state index is 12.5. The van der Waals surface area contributed by atoms with E-state index in [1.54, 1.807) is 17.0 Å². The summed E-state index contributed by atoms with van der Waals surface area (Å²) in [6, 6.07) is 6.91. The van der Waals surface area contributed by atoms with Crippen molar-refractivity contribution in [1.82, 2.24) is 9.88 Å². The molecule has 128 valence electrons. The molecule has 0 aliphatic carbocycles. The van der Waals surface area contributed by atoms with E-state index in [2.05, 4.69) is 9.71 Å². The maximum Gasteiger partial charge on any atom is 0.270 e. The number of sulfonamides is 1. The Hall–Kier alpha value is -2.28. The maximum absolute atomic E-state index is 12.5. The lowest BCUT2D eigenvalue weighted by Gasteiger charge is -2.13. The van der Waals surface area contributed by atoms with Crippen molar-refractivity contribution in [3.05, 3.63) is 47.3 Å². The average Bonchev–Trinajstić information content (AvgIpc) is 3.17. The Kier molecular flexibility index (Phi) is 4.36. The highest BCUT2D eigenvalue weighted by molar-refractivity contribution is 7.92. The Morgan fingerprint density at radius 3 is 2.33 bits per heavy atom. The molecule has 1 aliphatic heterocycles. The standard InChI is InChI=1S/C17H21N3O3S/c1-12-7-13(2)9-14(8-12)19-24(22,23)15-10-16(18-11-15)17(21)20-5-3-4-6-20/h7-11,18-19H,3-6H2,1-2H3. The van der Waals surface area contributed by atoms with Crippen LogP contribution in [0.2, 0.25) is 0 Å². The van der Waals surface area contributed by atoms with Crippen LogP contribution in [0, 0.1) is 13.8 Å². The third-order valence-electron chi connectivity index (χ3n) is 4.06. The number of amides is 1. The number of carbonyl (C=O) groups excluding carboxylic acids is 1. The zero-order valence-electron chi connectivity index (χ0n) is 13.8. The van der Waals surface area contributed by atoms with Crippen molar-refractivity contribution in [3.63, 3.8) is 0 Å². The summed E-state index contributed by atoms with van der Waals surface area (Å²) in [4.78, 5) is 16.9. The molecule has 0 atom stereocenters. The number of aromatic nitrogens is 1. The lowest BCUT2D eigenvalue weighted by atomic mass is 10.1. The Balaban J connectivity index is 1.81. The van der Waals surface area contributed by atoms with Gasteiger partial charge < -0.3 is 9.88 Å². The van der Waals surface area contributed by atoms with E-state index in [0.29, 0.717) is 11.4 Å². The molecule has 3 rings (SSSR count). The van der Waals surface area contributed by atoms with Crippen molar-refractivity contribution in [2.24, 2.45) is 0 Å². The number of nitrogens with zero attached hydrogens (tertiary/aromatic N) is 1. The summed E-state index contributed by atoms with van der Waals surface area (Å²) in [5, 5.41) is 0. The Bertz CT molecular complexity index is 845. The van der Waals surface area contributed by atoms with Crippen molar-refractivity contribution in [2.45, 2.75) is 31.6 Å². The van der Waals surface area contributed by atoms with Gasteiger partial charge in [0.1, 0.15) is 10.6 Å². The first-order valence-corrected chi connectivity index (χ1v) is 9.42. The fourth-order valence-electron chi connectivity index (χ4n) is 2.99. The summed E-state index contributed by atoms with van der Waals surface area (Å²) in [5.41, 5.74) is 2.78. The largest absolute Gasteiger partial charge is 0.356 e. The minimum absolute atomic E-state index is 0.0595. The van der Waals surface area contributed by atoms with Gasteiger partial charge in [-0.2, -0.15) is 0 Å². The molecule has 0 unspecified atom stereocenters. The van der Waals surface area contributed by atoms with Gasteiger partial charge in [0.05, 0.1) is 0 Å². The molecule has 0 spiro atoms. The molecular weight excluding hydrogens is 326 g/mol. The molecule has 6 nitrogen and oxygen atoms in total. The summed E-state index contributed by atoms with van der Waals surface area (Å²) in [5.74, 6) is -0.152. The van der Waals surface area contributed by atoms with Gasteiger partial charge in [0, 0.05) is 25.0 Å². The van der Waals surface area contributed by atoms with Crippen LogP contribution in [0.15, 0.2) is 35.4 Å². The molecule has 1 aromatic carbocycles. The smallest absolute Gasteiger partial charge is 0.270 e. The summed E-state index contributed by atoms with van der Waals surface area (Å²) in [7, 11) is -3.74. The van der Waals surface area contributed by atoms with Gasteiger partial charge in [-0.05, 0) is 56.0 Å². The van der Waals surface area contributed by atoms with E-state index in [0.717, 1.165) is 37.1 Å². The molecule has 1 aliphatic rings. The summed E-state index contributed by atoms with van der Waals surface area (Å²) >= 11 is 0. The van der Waals surface area contributed by atoms with Crippen LogP contribution in [0.5, 0.6) is 0 Å². The van der Waals surface area contributed by atoms with E-state index in [4.69, 9.17) is 0 Å². The van der Waals surface area contributed by atoms with E-state index in [9.17, 15) is 13.2 Å². The third-order valence-corrected chi connectivity index (χ3v) is 5.43. The molecule has 1 amide bonds. The SMILES string of the molecule is Cc1cc(C)cc(NS(=O)(=O)c2c[nH]c(C(=O)N3CCCC3)c2)c1. The fraction of sp³-hybridized carbons (Fsp3) is 0.353. The van der Waals surface area contributed by atoms with Crippen LogP contribution in [0.25, 0.3) is 0 Å². The molecule has 1 saturated heterocycles. The van der Waals surface area contributed by atoms with E-state index in [1.165, 1.54) is 12.3 Å². The van der Waals surface area contributed by atoms with Crippen LogP contribution < -0.4 is 4.72 Å². The Labute approximate surface area is 141 Å². The van der Waals surface area contributed by atoms with Gasteiger partial charge in [-0.25, -0.2) is 8.42 Å². The Morgan fingerprint density at radius 1 is 1.08 bits per heavy atom. The van der Waals surface area contributed by atoms with Crippen molar-refractivity contribution in [2.75, 3.05) is 17.8 Å². The second kappa shape index (κ2) is 6.32. The van der Waals surface area contributed by atoms with E-state index >= 15 is 0 Å². The zero-order chi connectivity index (χ0) is 17.3. The van der Waals surface area contributed by atoms with Gasteiger partial charge in [0.2, 0.25) is 0 Å². The first-order valence-electron chi connectivity index (χ1n) is 7.94. The molecule has 1 aromatic heterocycles. The number of rotatable bonds is 4. The highest BCUT2D eigenvalue weighted by Gasteiger charge is 2.23. The number of benzene rings is 1. The zero-order valence-corrected chi connectivity index (χ0v) is 14.6. The quantitative estimate of drug-likeness (QED) is 0.892. The molecule has 2 aromatic rings. The van der Waals surface area contributed by atoms with Crippen molar-refractivity contribution in [1.29, 1.82) is 0 Å². The summed E-state index contributed by atoms with van der Waals surface area (Å²) in [6.45, 7) is 5.27. The molecule has 0 bridgehead atoms. The number of likely N-dealkylation sites (tertiary alicyclic amines) is 1. The lowest BCUT2D eigenvalue weighted by Crippen LogP contribution is -2.27. The Morgan fingerprint density at radius 2 is 1.71 bits per heavy atom. The monoisotopic (exact) mass is 347 g/mol. The molecular formula is C17H21N3O3S. The van der Waals surface area contributed by atoms with Gasteiger partial charge in [-0.15, -0.1) is 0 Å². The van der Waals surface area contributed by atoms with Gasteiger partial charge >= 0.3 is 0 Å². The van der Waals surface area contributed by atoms with Crippen LogP contribution in [-0.2, 0) is 10.0 Å².